The van der Waals surface area contributed by atoms with Gasteiger partial charge < -0.3 is 25.0 Å². The van der Waals surface area contributed by atoms with Crippen molar-refractivity contribution in [3.63, 3.8) is 0 Å². The molecule has 2 aromatic carbocycles. The summed E-state index contributed by atoms with van der Waals surface area (Å²) < 4.78 is 61.8. The molecule has 2 aliphatic heterocycles. The van der Waals surface area contributed by atoms with E-state index in [-0.39, 0.29) is 58.0 Å². The van der Waals surface area contributed by atoms with Gasteiger partial charge in [-0.25, -0.2) is 31.5 Å². The number of benzene rings is 2. The van der Waals surface area contributed by atoms with Gasteiger partial charge in [0.1, 0.15) is 22.0 Å². The van der Waals surface area contributed by atoms with Crippen LogP contribution in [-0.2, 0) is 19.9 Å². The number of aromatic nitrogens is 3. The summed E-state index contributed by atoms with van der Waals surface area (Å²) in [6, 6.07) is 17.8. The molecule has 1 spiro atoms. The van der Waals surface area contributed by atoms with E-state index in [9.17, 15) is 36.9 Å². The number of fused-ring (bicyclic) bond motifs is 1. The zero-order chi connectivity index (χ0) is 47.3. The van der Waals surface area contributed by atoms with Crippen LogP contribution >= 0.6 is 0 Å². The lowest BCUT2D eigenvalue weighted by Gasteiger charge is -2.57. The third-order valence-electron chi connectivity index (χ3n) is 14.6. The minimum absolute atomic E-state index is 0.0823. The van der Waals surface area contributed by atoms with E-state index in [0.717, 1.165) is 80.5 Å². The van der Waals surface area contributed by atoms with Crippen molar-refractivity contribution >= 4 is 54.0 Å². The van der Waals surface area contributed by atoms with Gasteiger partial charge in [0.25, 0.3) is 15.9 Å². The number of aliphatic hydroxyl groups is 1. The number of carbonyl (C=O) groups is 1. The van der Waals surface area contributed by atoms with Gasteiger partial charge in [-0.2, -0.15) is 0 Å². The zero-order valence-corrected chi connectivity index (χ0v) is 39.6. The molecular weight excluding hydrogens is 897 g/mol. The van der Waals surface area contributed by atoms with E-state index >= 15 is 0 Å². The number of rotatable bonds is 13. The molecule has 17 nitrogen and oxygen atoms in total. The molecule has 67 heavy (non-hydrogen) atoms. The number of pyridine rings is 2. The van der Waals surface area contributed by atoms with Gasteiger partial charge in [0, 0.05) is 67.7 Å². The molecule has 5 heterocycles. The summed E-state index contributed by atoms with van der Waals surface area (Å²) >= 11 is 0. The average molecular weight is 955 g/mol. The summed E-state index contributed by atoms with van der Waals surface area (Å²) in [7, 11) is -7.83. The fourth-order valence-electron chi connectivity index (χ4n) is 10.6. The fourth-order valence-corrected chi connectivity index (χ4v) is 13.0. The Bertz CT molecular complexity index is 2900. The van der Waals surface area contributed by atoms with Crippen LogP contribution in [0, 0.1) is 21.4 Å². The van der Waals surface area contributed by atoms with Gasteiger partial charge in [0.15, 0.2) is 9.84 Å². The molecule has 3 aromatic heterocycles. The first kappa shape index (κ1) is 46.5. The number of carbonyl (C=O) groups excluding carboxylic acids is 1. The predicted octanol–water partition coefficient (Wildman–Crippen LogP) is 7.47. The number of piperidine rings is 1. The highest BCUT2D eigenvalue weighted by Crippen LogP contribution is 2.53. The number of hydrogen-bond acceptors (Lipinski definition) is 14. The summed E-state index contributed by atoms with van der Waals surface area (Å²) in [5, 5.41) is 26.2. The summed E-state index contributed by atoms with van der Waals surface area (Å²) in [6.45, 7) is 8.44. The van der Waals surface area contributed by atoms with E-state index in [4.69, 9.17) is 4.74 Å². The van der Waals surface area contributed by atoms with Crippen LogP contribution in [0.3, 0.4) is 0 Å². The van der Waals surface area contributed by atoms with Crippen LogP contribution < -0.4 is 19.7 Å². The van der Waals surface area contributed by atoms with Gasteiger partial charge in [-0.1, -0.05) is 38.1 Å². The van der Waals surface area contributed by atoms with Gasteiger partial charge >= 0.3 is 5.69 Å². The van der Waals surface area contributed by atoms with E-state index in [1.165, 1.54) is 17.8 Å². The van der Waals surface area contributed by atoms with Gasteiger partial charge in [-0.3, -0.25) is 19.8 Å². The number of H-pyrrole nitrogens is 1. The van der Waals surface area contributed by atoms with E-state index in [1.807, 2.05) is 18.2 Å². The lowest BCUT2D eigenvalue weighted by Crippen LogP contribution is -2.58. The van der Waals surface area contributed by atoms with Gasteiger partial charge in [0.05, 0.1) is 40.0 Å². The normalized spacial score (nSPS) is 23.2. The maximum Gasteiger partial charge on any atom is 0.312 e. The van der Waals surface area contributed by atoms with Crippen LogP contribution in [0.25, 0.3) is 11.0 Å². The lowest BCUT2D eigenvalue weighted by molar-refractivity contribution is -0.384. The van der Waals surface area contributed by atoms with Gasteiger partial charge in [-0.05, 0) is 111 Å². The standard InChI is InChI=1S/C48H58N8O9S2/c1-31(2)38-6-4-5-7-39(38)42-30-66(61,62)21-20-55(42)35-25-48(26-35)15-18-54(19-16-48)34-8-9-40(43(23-34)65-36-22-33-12-17-49-44(33)51-28-36)46(57)53-67(63,64)37-24-41(56(59)60)45(52-29-37)50-27-32-10-13-47(3,58)14-11-32/h4-9,12,17,22-24,28-29,31-32,35,42,58H,10-11,13-16,18-21,25-27,30H2,1-3H3,(H,49,51)(H,50,52)(H,53,57)/t32-,42-,47-/m1/s1. The summed E-state index contributed by atoms with van der Waals surface area (Å²) in [5.41, 5.74) is 2.47. The molecule has 1 amide bonds. The highest BCUT2D eigenvalue weighted by atomic mass is 32.2. The first-order valence-corrected chi connectivity index (χ1v) is 26.4. The van der Waals surface area contributed by atoms with Crippen molar-refractivity contribution in [3.8, 4) is 11.5 Å². The number of hydrogen-bond donors (Lipinski definition) is 4. The van der Waals surface area contributed by atoms with E-state index in [0.29, 0.717) is 37.3 Å². The molecule has 0 bridgehead atoms. The molecule has 4 aliphatic rings. The summed E-state index contributed by atoms with van der Waals surface area (Å²) in [5.74, 6) is 0.0337. The summed E-state index contributed by atoms with van der Waals surface area (Å²) in [6.07, 6.45) is 10.7. The second-order valence-electron chi connectivity index (χ2n) is 19.6. The van der Waals surface area contributed by atoms with Crippen LogP contribution in [0.1, 0.15) is 106 Å². The van der Waals surface area contributed by atoms with Crippen LogP contribution in [0.5, 0.6) is 11.5 Å². The van der Waals surface area contributed by atoms with E-state index in [1.54, 1.807) is 31.3 Å². The van der Waals surface area contributed by atoms with Crippen molar-refractivity contribution in [2.75, 3.05) is 47.9 Å². The number of anilines is 2. The lowest BCUT2D eigenvalue weighted by atomic mass is 9.59. The van der Waals surface area contributed by atoms with Crippen molar-refractivity contribution in [2.45, 2.75) is 101 Å². The monoisotopic (exact) mass is 954 g/mol. The Morgan fingerprint density at radius 3 is 2.49 bits per heavy atom. The van der Waals surface area contributed by atoms with Crippen LogP contribution in [0.15, 0.2) is 84.1 Å². The van der Waals surface area contributed by atoms with Crippen molar-refractivity contribution in [1.82, 2.24) is 24.6 Å². The largest absolute Gasteiger partial charge is 0.455 e. The number of sulfonamides is 1. The molecule has 5 aromatic rings. The van der Waals surface area contributed by atoms with Crippen LogP contribution in [0.4, 0.5) is 17.2 Å². The first-order valence-electron chi connectivity index (χ1n) is 23.1. The fraction of sp³-hybridized carbons (Fsp3) is 0.479. The van der Waals surface area contributed by atoms with Crippen LogP contribution in [0.2, 0.25) is 0 Å². The Morgan fingerprint density at radius 2 is 1.76 bits per heavy atom. The highest BCUT2D eigenvalue weighted by molar-refractivity contribution is 7.91. The number of nitrogens with one attached hydrogen (secondary N) is 3. The number of sulfone groups is 1. The smallest absolute Gasteiger partial charge is 0.312 e. The third-order valence-corrected chi connectivity index (χ3v) is 17.5. The second-order valence-corrected chi connectivity index (χ2v) is 23.5. The van der Waals surface area contributed by atoms with Gasteiger partial charge in [-0.15, -0.1) is 0 Å². The second kappa shape index (κ2) is 18.1. The molecular formula is C48H58N8O9S2. The Hall–Kier alpha value is -5.63. The maximum absolute atomic E-state index is 14.0. The Kier molecular flexibility index (Phi) is 12.6. The molecule has 4 fully saturated rings. The summed E-state index contributed by atoms with van der Waals surface area (Å²) in [4.78, 5) is 41.1. The average Bonchev–Trinajstić information content (AvgIpc) is 3.76. The molecule has 2 aliphatic carbocycles. The molecule has 19 heteroatoms. The minimum atomic E-state index is -4.66. The molecule has 4 N–H and O–H groups in total. The van der Waals surface area contributed by atoms with E-state index < -0.39 is 46.9 Å². The maximum atomic E-state index is 14.0. The van der Waals surface area contributed by atoms with Crippen molar-refractivity contribution in [2.24, 2.45) is 11.3 Å². The zero-order valence-electron chi connectivity index (χ0n) is 38.0. The van der Waals surface area contributed by atoms with Crippen molar-refractivity contribution < 1.29 is 36.4 Å². The topological polar surface area (TPSA) is 230 Å². The molecule has 356 valence electrons. The number of amides is 1. The number of ether oxygens (including phenoxy) is 1. The number of nitrogens with zero attached hydrogens (tertiary/aromatic N) is 5. The minimum Gasteiger partial charge on any atom is -0.455 e. The molecule has 1 atom stereocenters. The first-order chi connectivity index (χ1) is 31.9. The molecule has 9 rings (SSSR count). The van der Waals surface area contributed by atoms with Crippen LogP contribution in [-0.4, -0.2) is 102 Å². The molecule has 0 unspecified atom stereocenters. The number of nitro groups is 1. The number of aromatic amines is 1. The Labute approximate surface area is 390 Å². The van der Waals surface area contributed by atoms with Gasteiger partial charge in [0.2, 0.25) is 5.82 Å². The highest BCUT2D eigenvalue weighted by Gasteiger charge is 2.50. The van der Waals surface area contributed by atoms with Crippen molar-refractivity contribution in [3.05, 3.63) is 106 Å². The SMILES string of the molecule is CC(C)c1ccccc1[C@H]1CS(=O)(=O)CCN1C1CC2(CCN(c3ccc(C(=O)NS(=O)(=O)c4cnc(NC[C@H]5CC[C@](C)(O)CC5)c([N+](=O)[O-])c4)c(Oc4cnc5[nH]ccc5c4)c3)CC2)C1. The van der Waals surface area contributed by atoms with E-state index in [2.05, 4.69) is 60.8 Å². The predicted molar refractivity (Wildman–Crippen MR) is 255 cm³/mol. The van der Waals surface area contributed by atoms with Crippen molar-refractivity contribution in [1.29, 1.82) is 0 Å². The third kappa shape index (κ3) is 10.0. The molecule has 2 saturated heterocycles. The molecule has 0 radical (unpaired) electrons. The quantitative estimate of drug-likeness (QED) is 0.0663. The Balaban J connectivity index is 0.903. The molecule has 2 saturated carbocycles. The Morgan fingerprint density at radius 1 is 1.01 bits per heavy atom.